The van der Waals surface area contributed by atoms with Gasteiger partial charge >= 0.3 is 11.7 Å². The van der Waals surface area contributed by atoms with Crippen molar-refractivity contribution < 1.29 is 23.6 Å². The fourth-order valence-electron chi connectivity index (χ4n) is 2.73. The van der Waals surface area contributed by atoms with Crippen LogP contribution < -0.4 is 5.32 Å². The first-order valence-corrected chi connectivity index (χ1v) is 8.30. The van der Waals surface area contributed by atoms with Crippen LogP contribution in [0.1, 0.15) is 5.56 Å². The maximum absolute atomic E-state index is 13.3. The largest absolute Gasteiger partial charge is 0.455 e. The number of nitro groups is 1. The topological polar surface area (TPSA) is 98.5 Å². The highest BCUT2D eigenvalue weighted by Gasteiger charge is 2.16. The first-order valence-electron chi connectivity index (χ1n) is 8.30. The molecule has 1 amide bonds. The van der Waals surface area contributed by atoms with Gasteiger partial charge in [-0.15, -0.1) is 0 Å². The Kier molecular flexibility index (Phi) is 5.59. The van der Waals surface area contributed by atoms with Crippen LogP contribution in [0.15, 0.2) is 60.7 Å². The summed E-state index contributed by atoms with van der Waals surface area (Å²) in [6.45, 7) is -0.561. The minimum atomic E-state index is -1.01. The molecule has 28 heavy (non-hydrogen) atoms. The summed E-state index contributed by atoms with van der Waals surface area (Å²) in [5.74, 6) is -2.28. The molecule has 0 atom stereocenters. The molecule has 0 spiro atoms. The highest BCUT2D eigenvalue weighted by Crippen LogP contribution is 2.22. The van der Waals surface area contributed by atoms with Crippen LogP contribution in [0, 0.1) is 15.9 Å². The monoisotopic (exact) mass is 382 g/mol. The number of rotatable bonds is 6. The number of amides is 1. The zero-order chi connectivity index (χ0) is 20.1. The van der Waals surface area contributed by atoms with Gasteiger partial charge in [-0.3, -0.25) is 19.7 Å². The summed E-state index contributed by atoms with van der Waals surface area (Å²) >= 11 is 0. The predicted molar refractivity (Wildman–Crippen MR) is 100 cm³/mol. The van der Waals surface area contributed by atoms with Gasteiger partial charge in [-0.2, -0.15) is 4.39 Å². The molecule has 142 valence electrons. The molecule has 0 aliphatic heterocycles. The van der Waals surface area contributed by atoms with Gasteiger partial charge in [0.15, 0.2) is 6.61 Å². The van der Waals surface area contributed by atoms with E-state index in [4.69, 9.17) is 4.74 Å². The van der Waals surface area contributed by atoms with Gasteiger partial charge in [0.05, 0.1) is 11.3 Å². The van der Waals surface area contributed by atoms with E-state index in [2.05, 4.69) is 5.32 Å². The molecule has 0 aliphatic rings. The lowest BCUT2D eigenvalue weighted by molar-refractivity contribution is -0.387. The zero-order valence-corrected chi connectivity index (χ0v) is 14.6. The molecule has 7 nitrogen and oxygen atoms in total. The standard InChI is InChI=1S/C20H15FN2O5/c21-17-9-8-15(11-18(17)23(26)27)22-19(24)12-28-20(25)10-14-6-3-5-13-4-1-2-7-16(13)14/h1-9,11H,10,12H2,(H,22,24). The van der Waals surface area contributed by atoms with Crippen LogP contribution in [-0.2, 0) is 20.7 Å². The van der Waals surface area contributed by atoms with Gasteiger partial charge in [0.2, 0.25) is 5.82 Å². The quantitative estimate of drug-likeness (QED) is 0.399. The first kappa shape index (κ1) is 19.0. The summed E-state index contributed by atoms with van der Waals surface area (Å²) in [5, 5.41) is 15.0. The van der Waals surface area contributed by atoms with Crippen molar-refractivity contribution in [3.05, 3.63) is 82.2 Å². The van der Waals surface area contributed by atoms with Crippen molar-refractivity contribution in [3.8, 4) is 0 Å². The Morgan fingerprint density at radius 1 is 1.07 bits per heavy atom. The van der Waals surface area contributed by atoms with Crippen molar-refractivity contribution in [2.45, 2.75) is 6.42 Å². The lowest BCUT2D eigenvalue weighted by Gasteiger charge is -2.08. The molecule has 0 saturated carbocycles. The number of ether oxygens (including phenoxy) is 1. The Morgan fingerprint density at radius 2 is 1.82 bits per heavy atom. The van der Waals surface area contributed by atoms with Gasteiger partial charge in [-0.05, 0) is 28.5 Å². The van der Waals surface area contributed by atoms with Gasteiger partial charge in [0, 0.05) is 11.8 Å². The van der Waals surface area contributed by atoms with Crippen LogP contribution in [0.25, 0.3) is 10.8 Å². The van der Waals surface area contributed by atoms with Gasteiger partial charge in [0.25, 0.3) is 5.91 Å². The molecule has 8 heteroatoms. The van der Waals surface area contributed by atoms with Crippen molar-refractivity contribution >= 4 is 34.0 Å². The summed E-state index contributed by atoms with van der Waals surface area (Å²) < 4.78 is 18.3. The molecule has 0 heterocycles. The van der Waals surface area contributed by atoms with Crippen molar-refractivity contribution in [3.63, 3.8) is 0 Å². The minimum Gasteiger partial charge on any atom is -0.455 e. The van der Waals surface area contributed by atoms with Gasteiger partial charge < -0.3 is 10.1 Å². The molecule has 3 aromatic rings. The van der Waals surface area contributed by atoms with E-state index < -0.39 is 34.9 Å². The van der Waals surface area contributed by atoms with E-state index >= 15 is 0 Å². The van der Waals surface area contributed by atoms with Crippen LogP contribution in [0.4, 0.5) is 15.8 Å². The number of carbonyl (C=O) groups is 2. The fraction of sp³-hybridized carbons (Fsp3) is 0.100. The second kappa shape index (κ2) is 8.26. The van der Waals surface area contributed by atoms with Gasteiger partial charge in [-0.25, -0.2) is 0 Å². The molecular weight excluding hydrogens is 367 g/mol. The summed E-state index contributed by atoms with van der Waals surface area (Å²) in [4.78, 5) is 33.8. The Bertz CT molecular complexity index is 1060. The smallest absolute Gasteiger partial charge is 0.310 e. The Morgan fingerprint density at radius 3 is 2.61 bits per heavy atom. The van der Waals surface area contributed by atoms with E-state index in [-0.39, 0.29) is 12.1 Å². The Hall–Kier alpha value is -3.81. The summed E-state index contributed by atoms with van der Waals surface area (Å²) in [7, 11) is 0. The summed E-state index contributed by atoms with van der Waals surface area (Å²) in [5.41, 5.74) is 0.0478. The van der Waals surface area contributed by atoms with E-state index in [0.717, 1.165) is 28.5 Å². The van der Waals surface area contributed by atoms with Crippen LogP contribution in [0.2, 0.25) is 0 Å². The second-order valence-electron chi connectivity index (χ2n) is 5.95. The minimum absolute atomic E-state index is 0.00332. The molecule has 0 aromatic heterocycles. The Labute approximate surface area is 158 Å². The number of anilines is 1. The molecule has 0 bridgehead atoms. The van der Waals surface area contributed by atoms with Crippen molar-refractivity contribution in [2.24, 2.45) is 0 Å². The molecule has 3 aromatic carbocycles. The molecule has 0 saturated heterocycles. The fourth-order valence-corrected chi connectivity index (χ4v) is 2.73. The van der Waals surface area contributed by atoms with Gasteiger partial charge in [-0.1, -0.05) is 42.5 Å². The normalized spacial score (nSPS) is 10.5. The molecule has 0 unspecified atom stereocenters. The maximum Gasteiger partial charge on any atom is 0.310 e. The number of carbonyl (C=O) groups excluding carboxylic acids is 2. The summed E-state index contributed by atoms with van der Waals surface area (Å²) in [6.07, 6.45) is -0.00332. The average Bonchev–Trinajstić information content (AvgIpc) is 2.68. The lowest BCUT2D eigenvalue weighted by atomic mass is 10.0. The third-order valence-electron chi connectivity index (χ3n) is 4.01. The molecule has 1 N–H and O–H groups in total. The second-order valence-corrected chi connectivity index (χ2v) is 5.95. The number of benzene rings is 3. The molecule has 3 rings (SSSR count). The third kappa shape index (κ3) is 4.47. The average molecular weight is 382 g/mol. The van der Waals surface area contributed by atoms with E-state index in [0.29, 0.717) is 0 Å². The van der Waals surface area contributed by atoms with Crippen molar-refractivity contribution in [2.75, 3.05) is 11.9 Å². The number of nitro benzene ring substituents is 1. The van der Waals surface area contributed by atoms with E-state index in [1.807, 2.05) is 36.4 Å². The SMILES string of the molecule is O=C(COC(=O)Cc1cccc2ccccc12)Nc1ccc(F)c([N+](=O)[O-])c1. The number of halogens is 1. The highest BCUT2D eigenvalue weighted by atomic mass is 19.1. The van der Waals surface area contributed by atoms with E-state index in [1.54, 1.807) is 6.07 Å². The zero-order valence-electron chi connectivity index (χ0n) is 14.6. The third-order valence-corrected chi connectivity index (χ3v) is 4.01. The molecule has 0 aliphatic carbocycles. The first-order chi connectivity index (χ1) is 13.4. The Balaban J connectivity index is 1.58. The molecular formula is C20H15FN2O5. The van der Waals surface area contributed by atoms with Crippen LogP contribution in [-0.4, -0.2) is 23.4 Å². The number of fused-ring (bicyclic) bond motifs is 1. The van der Waals surface area contributed by atoms with Crippen molar-refractivity contribution in [1.82, 2.24) is 0 Å². The van der Waals surface area contributed by atoms with Crippen LogP contribution in [0.3, 0.4) is 0 Å². The van der Waals surface area contributed by atoms with Crippen molar-refractivity contribution in [1.29, 1.82) is 0 Å². The number of esters is 1. The number of nitrogens with zero attached hydrogens (tertiary/aromatic N) is 1. The molecule has 0 radical (unpaired) electrons. The van der Waals surface area contributed by atoms with Gasteiger partial charge in [0.1, 0.15) is 0 Å². The van der Waals surface area contributed by atoms with E-state index in [9.17, 15) is 24.1 Å². The van der Waals surface area contributed by atoms with Crippen LogP contribution in [0.5, 0.6) is 0 Å². The van der Waals surface area contributed by atoms with E-state index in [1.165, 1.54) is 6.07 Å². The number of hydrogen-bond acceptors (Lipinski definition) is 5. The predicted octanol–water partition coefficient (Wildman–Crippen LogP) is 3.61. The maximum atomic E-state index is 13.3. The number of nitrogens with one attached hydrogen (secondary N) is 1. The lowest BCUT2D eigenvalue weighted by Crippen LogP contribution is -2.21. The number of hydrogen-bond donors (Lipinski definition) is 1. The molecule has 0 fully saturated rings. The highest BCUT2D eigenvalue weighted by molar-refractivity contribution is 5.94. The summed E-state index contributed by atoms with van der Waals surface area (Å²) in [6, 6.07) is 16.1. The van der Waals surface area contributed by atoms with Crippen LogP contribution >= 0.6 is 0 Å².